The van der Waals surface area contributed by atoms with Crippen molar-refractivity contribution in [3.05, 3.63) is 60.2 Å². The van der Waals surface area contributed by atoms with Crippen molar-refractivity contribution in [1.82, 2.24) is 19.6 Å². The van der Waals surface area contributed by atoms with Gasteiger partial charge in [0.1, 0.15) is 0 Å². The average Bonchev–Trinajstić information content (AvgIpc) is 3.04. The Morgan fingerprint density at radius 2 is 1.95 bits per heavy atom. The summed E-state index contributed by atoms with van der Waals surface area (Å²) in [6.45, 7) is 2.73. The second kappa shape index (κ2) is 5.21. The third kappa shape index (κ3) is 2.56. The van der Waals surface area contributed by atoms with Crippen LogP contribution in [0.4, 0.5) is 5.69 Å². The maximum Gasteiger partial charge on any atom is 0.0825 e. The minimum atomic E-state index is 0.735. The molecule has 0 saturated carbocycles. The Morgan fingerprint density at radius 3 is 2.65 bits per heavy atom. The van der Waals surface area contributed by atoms with E-state index in [2.05, 4.69) is 15.5 Å². The number of aromatic nitrogens is 4. The van der Waals surface area contributed by atoms with E-state index in [1.54, 1.807) is 0 Å². The Balaban J connectivity index is 1.70. The lowest BCUT2D eigenvalue weighted by Crippen LogP contribution is -1.99. The van der Waals surface area contributed by atoms with Crippen LogP contribution in [-0.4, -0.2) is 19.6 Å². The number of hydrogen-bond donors (Lipinski definition) is 1. The quantitative estimate of drug-likeness (QED) is 0.790. The predicted octanol–water partition coefficient (Wildman–Crippen LogP) is 2.53. The Morgan fingerprint density at radius 1 is 1.15 bits per heavy atom. The van der Waals surface area contributed by atoms with Crippen LogP contribution in [0.5, 0.6) is 0 Å². The molecule has 3 rings (SSSR count). The summed E-state index contributed by atoms with van der Waals surface area (Å²) in [7, 11) is 1.92. The van der Waals surface area contributed by atoms with E-state index in [1.807, 2.05) is 72.3 Å². The van der Waals surface area contributed by atoms with Crippen LogP contribution in [0.15, 0.2) is 48.9 Å². The molecule has 2 heterocycles. The van der Waals surface area contributed by atoms with Crippen molar-refractivity contribution < 1.29 is 0 Å². The van der Waals surface area contributed by atoms with Gasteiger partial charge in [-0.05, 0) is 19.1 Å². The van der Waals surface area contributed by atoms with Gasteiger partial charge in [-0.15, -0.1) is 0 Å². The first kappa shape index (κ1) is 12.5. The van der Waals surface area contributed by atoms with Crippen molar-refractivity contribution in [3.63, 3.8) is 0 Å². The van der Waals surface area contributed by atoms with Gasteiger partial charge in [-0.1, -0.05) is 18.2 Å². The van der Waals surface area contributed by atoms with Crippen LogP contribution in [0.2, 0.25) is 0 Å². The summed E-state index contributed by atoms with van der Waals surface area (Å²) in [5, 5.41) is 12.1. The SMILES string of the molecule is Cc1nn(C)cc1NCc1cnn(-c2ccccc2)c1. The summed E-state index contributed by atoms with van der Waals surface area (Å²) in [5.41, 5.74) is 4.26. The van der Waals surface area contributed by atoms with Gasteiger partial charge in [0.25, 0.3) is 0 Å². The van der Waals surface area contributed by atoms with Gasteiger partial charge in [0.05, 0.1) is 23.3 Å². The lowest BCUT2D eigenvalue weighted by Gasteiger charge is -2.02. The summed E-state index contributed by atoms with van der Waals surface area (Å²) in [4.78, 5) is 0. The van der Waals surface area contributed by atoms with E-state index < -0.39 is 0 Å². The van der Waals surface area contributed by atoms with Crippen LogP contribution in [0.3, 0.4) is 0 Å². The van der Waals surface area contributed by atoms with E-state index in [0.29, 0.717) is 0 Å². The van der Waals surface area contributed by atoms with Crippen molar-refractivity contribution in [3.8, 4) is 5.69 Å². The highest BCUT2D eigenvalue weighted by atomic mass is 15.3. The Labute approximate surface area is 117 Å². The molecule has 5 nitrogen and oxygen atoms in total. The fourth-order valence-electron chi connectivity index (χ4n) is 2.14. The molecule has 0 aliphatic carbocycles. The zero-order chi connectivity index (χ0) is 13.9. The second-order valence-corrected chi connectivity index (χ2v) is 4.78. The van der Waals surface area contributed by atoms with E-state index >= 15 is 0 Å². The minimum absolute atomic E-state index is 0.735. The molecule has 0 aliphatic rings. The summed E-state index contributed by atoms with van der Waals surface area (Å²) >= 11 is 0. The maximum absolute atomic E-state index is 4.38. The van der Waals surface area contributed by atoms with Crippen molar-refractivity contribution >= 4 is 5.69 Å². The molecule has 0 saturated heterocycles. The molecule has 0 unspecified atom stereocenters. The number of rotatable bonds is 4. The third-order valence-corrected chi connectivity index (χ3v) is 3.15. The van der Waals surface area contributed by atoms with E-state index in [9.17, 15) is 0 Å². The molecular weight excluding hydrogens is 250 g/mol. The summed E-state index contributed by atoms with van der Waals surface area (Å²) in [6.07, 6.45) is 5.90. The van der Waals surface area contributed by atoms with Gasteiger partial charge < -0.3 is 5.32 Å². The number of para-hydroxylation sites is 1. The third-order valence-electron chi connectivity index (χ3n) is 3.15. The molecule has 102 valence electrons. The fraction of sp³-hybridized carbons (Fsp3) is 0.200. The molecule has 1 N–H and O–H groups in total. The largest absolute Gasteiger partial charge is 0.378 e. The molecular formula is C15H17N5. The molecule has 0 atom stereocenters. The summed E-state index contributed by atoms with van der Waals surface area (Å²) in [6, 6.07) is 10.1. The van der Waals surface area contributed by atoms with E-state index in [0.717, 1.165) is 29.2 Å². The van der Waals surface area contributed by atoms with Gasteiger partial charge in [-0.25, -0.2) is 4.68 Å². The Bertz CT molecular complexity index is 696. The normalized spacial score (nSPS) is 10.7. The van der Waals surface area contributed by atoms with Crippen molar-refractivity contribution in [2.75, 3.05) is 5.32 Å². The molecule has 0 amide bonds. The molecule has 0 aliphatic heterocycles. The number of anilines is 1. The first-order chi connectivity index (χ1) is 9.72. The summed E-state index contributed by atoms with van der Waals surface area (Å²) < 4.78 is 3.69. The van der Waals surface area contributed by atoms with E-state index in [-0.39, 0.29) is 0 Å². The Hall–Kier alpha value is -2.56. The number of benzene rings is 1. The fourth-order valence-corrected chi connectivity index (χ4v) is 2.14. The van der Waals surface area contributed by atoms with Crippen molar-refractivity contribution in [2.24, 2.45) is 7.05 Å². The first-order valence-electron chi connectivity index (χ1n) is 6.55. The van der Waals surface area contributed by atoms with Gasteiger partial charge in [0.2, 0.25) is 0 Å². The molecule has 1 aromatic carbocycles. The van der Waals surface area contributed by atoms with E-state index in [1.165, 1.54) is 0 Å². The predicted molar refractivity (Wildman–Crippen MR) is 78.8 cm³/mol. The molecule has 0 radical (unpaired) electrons. The molecule has 0 spiro atoms. The number of aryl methyl sites for hydroxylation is 2. The zero-order valence-electron chi connectivity index (χ0n) is 11.6. The van der Waals surface area contributed by atoms with Gasteiger partial charge in [0.15, 0.2) is 0 Å². The number of nitrogens with zero attached hydrogens (tertiary/aromatic N) is 4. The van der Waals surface area contributed by atoms with Crippen molar-refractivity contribution in [2.45, 2.75) is 13.5 Å². The molecule has 20 heavy (non-hydrogen) atoms. The zero-order valence-corrected chi connectivity index (χ0v) is 11.6. The minimum Gasteiger partial charge on any atom is -0.378 e. The van der Waals surface area contributed by atoms with Crippen LogP contribution in [0, 0.1) is 6.92 Å². The topological polar surface area (TPSA) is 47.7 Å². The highest BCUT2D eigenvalue weighted by Gasteiger charge is 2.04. The highest BCUT2D eigenvalue weighted by Crippen LogP contribution is 2.14. The van der Waals surface area contributed by atoms with Crippen molar-refractivity contribution in [1.29, 1.82) is 0 Å². The average molecular weight is 267 g/mol. The lowest BCUT2D eigenvalue weighted by atomic mass is 10.3. The number of hydrogen-bond acceptors (Lipinski definition) is 3. The maximum atomic E-state index is 4.38. The highest BCUT2D eigenvalue weighted by molar-refractivity contribution is 5.45. The van der Waals surface area contributed by atoms with Crippen LogP contribution in [0.1, 0.15) is 11.3 Å². The molecule has 2 aromatic heterocycles. The van der Waals surface area contributed by atoms with Crippen LogP contribution < -0.4 is 5.32 Å². The van der Waals surface area contributed by atoms with Gasteiger partial charge in [-0.3, -0.25) is 4.68 Å². The number of nitrogens with one attached hydrogen (secondary N) is 1. The van der Waals surface area contributed by atoms with Crippen LogP contribution in [-0.2, 0) is 13.6 Å². The molecule has 0 bridgehead atoms. The second-order valence-electron chi connectivity index (χ2n) is 4.78. The standard InChI is InChI=1S/C15H17N5/c1-12-15(11-19(2)18-12)16-8-13-9-17-20(10-13)14-6-4-3-5-7-14/h3-7,9-11,16H,8H2,1-2H3. The summed E-state index contributed by atoms with van der Waals surface area (Å²) in [5.74, 6) is 0. The lowest BCUT2D eigenvalue weighted by molar-refractivity contribution is 0.756. The molecule has 3 aromatic rings. The monoisotopic (exact) mass is 267 g/mol. The van der Waals surface area contributed by atoms with Crippen LogP contribution in [0.25, 0.3) is 5.69 Å². The van der Waals surface area contributed by atoms with Gasteiger partial charge in [0, 0.05) is 31.5 Å². The molecule has 0 fully saturated rings. The van der Waals surface area contributed by atoms with Gasteiger partial charge in [-0.2, -0.15) is 10.2 Å². The Kier molecular flexibility index (Phi) is 3.25. The first-order valence-corrected chi connectivity index (χ1v) is 6.55. The molecule has 5 heteroatoms. The van der Waals surface area contributed by atoms with E-state index in [4.69, 9.17) is 0 Å². The smallest absolute Gasteiger partial charge is 0.0825 e. The van der Waals surface area contributed by atoms with Gasteiger partial charge >= 0.3 is 0 Å². The van der Waals surface area contributed by atoms with Crippen LogP contribution >= 0.6 is 0 Å².